The molecule has 0 amide bonds. The van der Waals surface area contributed by atoms with Crippen molar-refractivity contribution in [3.8, 4) is 0 Å². The Hall–Kier alpha value is -0.940. The SMILES string of the molecule is COCCNCC(Cc1csc(C)n1)c1ccccc1Cl. The highest BCUT2D eigenvalue weighted by Crippen LogP contribution is 2.27. The van der Waals surface area contributed by atoms with E-state index in [1.54, 1.807) is 18.4 Å². The molecule has 2 aromatic rings. The van der Waals surface area contributed by atoms with E-state index in [-0.39, 0.29) is 0 Å². The summed E-state index contributed by atoms with van der Waals surface area (Å²) in [7, 11) is 1.71. The number of aromatic nitrogens is 1. The summed E-state index contributed by atoms with van der Waals surface area (Å²) in [6, 6.07) is 8.06. The summed E-state index contributed by atoms with van der Waals surface area (Å²) < 4.78 is 5.08. The summed E-state index contributed by atoms with van der Waals surface area (Å²) in [6.07, 6.45) is 0.897. The van der Waals surface area contributed by atoms with Gasteiger partial charge in [0.2, 0.25) is 0 Å². The van der Waals surface area contributed by atoms with Gasteiger partial charge in [-0.15, -0.1) is 11.3 Å². The van der Waals surface area contributed by atoms with E-state index in [0.717, 1.165) is 35.2 Å². The Balaban J connectivity index is 2.08. The molecule has 2 rings (SSSR count). The standard InChI is InChI=1S/C16H21ClN2OS/c1-12-19-14(11-21-12)9-13(10-18-7-8-20-2)15-5-3-4-6-16(15)17/h3-6,11,13,18H,7-10H2,1-2H3. The fourth-order valence-corrected chi connectivity index (χ4v) is 3.22. The average Bonchev–Trinajstić information content (AvgIpc) is 2.88. The summed E-state index contributed by atoms with van der Waals surface area (Å²) in [5.41, 5.74) is 2.31. The molecule has 0 aliphatic heterocycles. The molecule has 1 unspecified atom stereocenters. The van der Waals surface area contributed by atoms with Crippen LogP contribution < -0.4 is 5.32 Å². The van der Waals surface area contributed by atoms with Crippen LogP contribution in [0.1, 0.15) is 22.2 Å². The van der Waals surface area contributed by atoms with Crippen LogP contribution in [0.4, 0.5) is 0 Å². The predicted octanol–water partition coefficient (Wildman–Crippen LogP) is 3.67. The highest BCUT2D eigenvalue weighted by atomic mass is 35.5. The highest BCUT2D eigenvalue weighted by molar-refractivity contribution is 7.09. The number of hydrogen-bond acceptors (Lipinski definition) is 4. The molecule has 1 atom stereocenters. The monoisotopic (exact) mass is 324 g/mol. The van der Waals surface area contributed by atoms with Gasteiger partial charge in [0.05, 0.1) is 17.3 Å². The van der Waals surface area contributed by atoms with E-state index in [0.29, 0.717) is 12.5 Å². The number of rotatable bonds is 8. The number of halogens is 1. The molecule has 1 N–H and O–H groups in total. The summed E-state index contributed by atoms with van der Waals surface area (Å²) in [6.45, 7) is 4.46. The second-order valence-electron chi connectivity index (χ2n) is 4.98. The Morgan fingerprint density at radius 3 is 2.86 bits per heavy atom. The lowest BCUT2D eigenvalue weighted by Gasteiger charge is -2.18. The Morgan fingerprint density at radius 2 is 2.19 bits per heavy atom. The van der Waals surface area contributed by atoms with Gasteiger partial charge < -0.3 is 10.1 Å². The Morgan fingerprint density at radius 1 is 1.38 bits per heavy atom. The quantitative estimate of drug-likeness (QED) is 0.752. The van der Waals surface area contributed by atoms with Crippen molar-refractivity contribution in [3.63, 3.8) is 0 Å². The van der Waals surface area contributed by atoms with E-state index in [1.807, 2.05) is 25.1 Å². The van der Waals surface area contributed by atoms with Crippen molar-refractivity contribution in [1.82, 2.24) is 10.3 Å². The van der Waals surface area contributed by atoms with Crippen LogP contribution in [0.2, 0.25) is 5.02 Å². The van der Waals surface area contributed by atoms with Crippen molar-refractivity contribution in [1.29, 1.82) is 0 Å². The van der Waals surface area contributed by atoms with Crippen molar-refractivity contribution in [2.45, 2.75) is 19.3 Å². The zero-order chi connectivity index (χ0) is 15.1. The number of hydrogen-bond donors (Lipinski definition) is 1. The van der Waals surface area contributed by atoms with Gasteiger partial charge in [0.1, 0.15) is 0 Å². The maximum absolute atomic E-state index is 6.36. The zero-order valence-corrected chi connectivity index (χ0v) is 14.0. The normalized spacial score (nSPS) is 12.5. The van der Waals surface area contributed by atoms with Crippen molar-refractivity contribution in [2.24, 2.45) is 0 Å². The molecule has 0 saturated heterocycles. The third-order valence-corrected chi connectivity index (χ3v) is 4.51. The number of ether oxygens (including phenoxy) is 1. The van der Waals surface area contributed by atoms with Gasteiger partial charge in [-0.25, -0.2) is 4.98 Å². The molecule has 0 aliphatic rings. The molecule has 1 aromatic heterocycles. The molecule has 0 fully saturated rings. The summed E-state index contributed by atoms with van der Waals surface area (Å²) in [5.74, 6) is 0.317. The maximum atomic E-state index is 6.36. The topological polar surface area (TPSA) is 34.1 Å². The predicted molar refractivity (Wildman–Crippen MR) is 89.5 cm³/mol. The average molecular weight is 325 g/mol. The van der Waals surface area contributed by atoms with Gasteiger partial charge in [-0.05, 0) is 25.0 Å². The van der Waals surface area contributed by atoms with Crippen LogP contribution in [-0.2, 0) is 11.2 Å². The van der Waals surface area contributed by atoms with E-state index in [4.69, 9.17) is 16.3 Å². The first-order chi connectivity index (χ1) is 10.2. The van der Waals surface area contributed by atoms with Crippen molar-refractivity contribution >= 4 is 22.9 Å². The van der Waals surface area contributed by atoms with Crippen molar-refractivity contribution in [3.05, 3.63) is 50.9 Å². The van der Waals surface area contributed by atoms with E-state index in [2.05, 4.69) is 21.7 Å². The molecule has 1 aromatic carbocycles. The number of methoxy groups -OCH3 is 1. The van der Waals surface area contributed by atoms with Crippen LogP contribution >= 0.6 is 22.9 Å². The first kappa shape index (κ1) is 16.4. The third kappa shape index (κ3) is 5.08. The lowest BCUT2D eigenvalue weighted by Crippen LogP contribution is -2.26. The second-order valence-corrected chi connectivity index (χ2v) is 6.45. The number of thiazole rings is 1. The number of aryl methyl sites for hydroxylation is 1. The minimum Gasteiger partial charge on any atom is -0.383 e. The summed E-state index contributed by atoms with van der Waals surface area (Å²) in [5, 5.41) is 7.49. The Kier molecular flexibility index (Phi) is 6.64. The van der Waals surface area contributed by atoms with Gasteiger partial charge in [-0.3, -0.25) is 0 Å². The van der Waals surface area contributed by atoms with Crippen molar-refractivity contribution in [2.75, 3.05) is 26.8 Å². The molecule has 5 heteroatoms. The zero-order valence-electron chi connectivity index (χ0n) is 12.4. The Bertz CT molecular complexity index is 559. The second kappa shape index (κ2) is 8.49. The lowest BCUT2D eigenvalue weighted by molar-refractivity contribution is 0.199. The number of benzene rings is 1. The smallest absolute Gasteiger partial charge is 0.0897 e. The molecule has 114 valence electrons. The molecule has 3 nitrogen and oxygen atoms in total. The lowest BCUT2D eigenvalue weighted by atomic mass is 9.94. The summed E-state index contributed by atoms with van der Waals surface area (Å²) >= 11 is 8.05. The van der Waals surface area contributed by atoms with E-state index < -0.39 is 0 Å². The minimum atomic E-state index is 0.317. The van der Waals surface area contributed by atoms with Crippen LogP contribution in [0.15, 0.2) is 29.6 Å². The van der Waals surface area contributed by atoms with Crippen LogP contribution in [0.25, 0.3) is 0 Å². The maximum Gasteiger partial charge on any atom is 0.0897 e. The molecule has 0 radical (unpaired) electrons. The Labute approximate surface area is 135 Å². The highest BCUT2D eigenvalue weighted by Gasteiger charge is 2.16. The molecule has 0 spiro atoms. The van der Waals surface area contributed by atoms with Gasteiger partial charge in [0.25, 0.3) is 0 Å². The number of nitrogens with one attached hydrogen (secondary N) is 1. The van der Waals surface area contributed by atoms with Crippen molar-refractivity contribution < 1.29 is 4.74 Å². The largest absolute Gasteiger partial charge is 0.383 e. The molecular weight excluding hydrogens is 304 g/mol. The molecule has 21 heavy (non-hydrogen) atoms. The fraction of sp³-hybridized carbons (Fsp3) is 0.438. The van der Waals surface area contributed by atoms with E-state index >= 15 is 0 Å². The molecule has 0 aliphatic carbocycles. The molecule has 0 saturated carbocycles. The van der Waals surface area contributed by atoms with Crippen LogP contribution in [0.3, 0.4) is 0 Å². The molecular formula is C16H21ClN2OS. The van der Waals surface area contributed by atoms with Crippen LogP contribution in [0.5, 0.6) is 0 Å². The first-order valence-electron chi connectivity index (χ1n) is 7.05. The summed E-state index contributed by atoms with van der Waals surface area (Å²) in [4.78, 5) is 4.57. The van der Waals surface area contributed by atoms with Gasteiger partial charge in [0.15, 0.2) is 0 Å². The first-order valence-corrected chi connectivity index (χ1v) is 8.31. The van der Waals surface area contributed by atoms with Gasteiger partial charge in [-0.1, -0.05) is 29.8 Å². The fourth-order valence-electron chi connectivity index (χ4n) is 2.30. The van der Waals surface area contributed by atoms with Gasteiger partial charge in [0, 0.05) is 36.5 Å². The van der Waals surface area contributed by atoms with Gasteiger partial charge in [-0.2, -0.15) is 0 Å². The van der Waals surface area contributed by atoms with Crippen LogP contribution in [-0.4, -0.2) is 31.8 Å². The third-order valence-electron chi connectivity index (χ3n) is 3.34. The van der Waals surface area contributed by atoms with E-state index in [1.165, 1.54) is 5.56 Å². The number of nitrogens with zero attached hydrogens (tertiary/aromatic N) is 1. The van der Waals surface area contributed by atoms with E-state index in [9.17, 15) is 0 Å². The molecule has 0 bridgehead atoms. The van der Waals surface area contributed by atoms with Crippen LogP contribution in [0, 0.1) is 6.92 Å². The molecule has 1 heterocycles. The minimum absolute atomic E-state index is 0.317. The van der Waals surface area contributed by atoms with Gasteiger partial charge >= 0.3 is 0 Å².